The second-order valence-corrected chi connectivity index (χ2v) is 6.87. The summed E-state index contributed by atoms with van der Waals surface area (Å²) >= 11 is 0. The number of imidazole rings is 1. The molecule has 5 rings (SSSR count). The van der Waals surface area contributed by atoms with E-state index in [1.165, 1.54) is 25.1 Å². The molecule has 0 radical (unpaired) electrons. The fourth-order valence-corrected chi connectivity index (χ4v) is 3.59. The first-order valence-electron chi connectivity index (χ1n) is 8.65. The Morgan fingerprint density at radius 2 is 2.08 bits per heavy atom. The molecule has 0 unspecified atom stereocenters. The van der Waals surface area contributed by atoms with Crippen molar-refractivity contribution in [3.63, 3.8) is 0 Å². The van der Waals surface area contributed by atoms with Gasteiger partial charge in [0.25, 0.3) is 0 Å². The number of carboxylic acids is 1. The smallest absolute Gasteiger partial charge is 0.336 e. The fourth-order valence-electron chi connectivity index (χ4n) is 3.59. The Labute approximate surface area is 149 Å². The van der Waals surface area contributed by atoms with Gasteiger partial charge in [0.15, 0.2) is 0 Å². The molecule has 1 aliphatic rings. The lowest BCUT2D eigenvalue weighted by atomic mass is 9.98. The van der Waals surface area contributed by atoms with E-state index in [1.807, 2.05) is 29.8 Å². The minimum absolute atomic E-state index is 0.229. The van der Waals surface area contributed by atoms with E-state index in [2.05, 4.69) is 9.97 Å². The number of pyridine rings is 1. The van der Waals surface area contributed by atoms with Crippen molar-refractivity contribution in [2.45, 2.75) is 12.8 Å². The summed E-state index contributed by atoms with van der Waals surface area (Å²) in [5.41, 5.74) is 2.44. The maximum absolute atomic E-state index is 11.8. The largest absolute Gasteiger partial charge is 0.493 e. The number of benzene rings is 2. The van der Waals surface area contributed by atoms with Crippen LogP contribution in [0.4, 0.5) is 0 Å². The van der Waals surface area contributed by atoms with E-state index in [1.54, 1.807) is 6.33 Å². The van der Waals surface area contributed by atoms with Gasteiger partial charge in [0.05, 0.1) is 34.9 Å². The number of carbonyl (C=O) groups is 1. The summed E-state index contributed by atoms with van der Waals surface area (Å²) in [6, 6.07) is 7.32. The van der Waals surface area contributed by atoms with Crippen LogP contribution >= 0.6 is 0 Å². The number of hydrogen-bond acceptors (Lipinski definition) is 4. The molecule has 130 valence electrons. The molecule has 0 atom stereocenters. The van der Waals surface area contributed by atoms with E-state index < -0.39 is 5.97 Å². The Bertz CT molecular complexity index is 1190. The van der Waals surface area contributed by atoms with Gasteiger partial charge in [-0.1, -0.05) is 12.1 Å². The Balaban J connectivity index is 1.95. The molecule has 0 bridgehead atoms. The molecule has 1 saturated carbocycles. The van der Waals surface area contributed by atoms with Crippen LogP contribution in [0.25, 0.3) is 32.7 Å². The standard InChI is InChI=1S/C20H17N3O3/c1-23-10-22-18-17-15(13(20(24)25)7-8-21-17)12-3-2-4-14(16(12)19(18)23)26-9-11-5-6-11/h2-4,7-8,10-11H,5-6,9H2,1H3,(H,24,25). The van der Waals surface area contributed by atoms with Crippen molar-refractivity contribution in [2.24, 2.45) is 13.0 Å². The zero-order chi connectivity index (χ0) is 17.8. The van der Waals surface area contributed by atoms with Gasteiger partial charge in [-0.25, -0.2) is 9.78 Å². The number of aromatic carboxylic acids is 1. The first kappa shape index (κ1) is 15.1. The normalized spacial score (nSPS) is 14.3. The van der Waals surface area contributed by atoms with E-state index in [-0.39, 0.29) is 5.56 Å². The molecular formula is C20H17N3O3. The van der Waals surface area contributed by atoms with Gasteiger partial charge in [0.1, 0.15) is 11.3 Å². The quantitative estimate of drug-likeness (QED) is 0.569. The molecule has 0 aliphatic heterocycles. The summed E-state index contributed by atoms with van der Waals surface area (Å²) in [4.78, 5) is 20.8. The van der Waals surface area contributed by atoms with Crippen molar-refractivity contribution in [2.75, 3.05) is 6.61 Å². The maximum Gasteiger partial charge on any atom is 0.336 e. The van der Waals surface area contributed by atoms with Crippen LogP contribution in [0.2, 0.25) is 0 Å². The monoisotopic (exact) mass is 347 g/mol. The van der Waals surface area contributed by atoms with Crippen LogP contribution in [0.15, 0.2) is 36.8 Å². The number of rotatable bonds is 4. The van der Waals surface area contributed by atoms with Gasteiger partial charge < -0.3 is 14.4 Å². The summed E-state index contributed by atoms with van der Waals surface area (Å²) in [6.07, 6.45) is 5.68. The Hall–Kier alpha value is -3.15. The van der Waals surface area contributed by atoms with E-state index >= 15 is 0 Å². The molecule has 0 saturated heterocycles. The molecular weight excluding hydrogens is 330 g/mol. The number of aryl methyl sites for hydroxylation is 1. The lowest BCUT2D eigenvalue weighted by molar-refractivity contribution is 0.0699. The lowest BCUT2D eigenvalue weighted by Crippen LogP contribution is -2.02. The number of carboxylic acid groups (broad SMARTS) is 1. The van der Waals surface area contributed by atoms with Crippen molar-refractivity contribution >= 4 is 38.7 Å². The molecule has 2 heterocycles. The van der Waals surface area contributed by atoms with Crippen molar-refractivity contribution < 1.29 is 14.6 Å². The summed E-state index contributed by atoms with van der Waals surface area (Å²) in [5, 5.41) is 12.0. The van der Waals surface area contributed by atoms with E-state index in [0.29, 0.717) is 28.9 Å². The van der Waals surface area contributed by atoms with Crippen LogP contribution in [0.3, 0.4) is 0 Å². The summed E-state index contributed by atoms with van der Waals surface area (Å²) in [5.74, 6) is 0.423. The highest BCUT2D eigenvalue weighted by atomic mass is 16.5. The van der Waals surface area contributed by atoms with Crippen molar-refractivity contribution in [1.29, 1.82) is 0 Å². The number of fused-ring (bicyclic) bond motifs is 6. The third-order valence-corrected chi connectivity index (χ3v) is 5.05. The maximum atomic E-state index is 11.8. The highest BCUT2D eigenvalue weighted by Gasteiger charge is 2.24. The number of nitrogens with zero attached hydrogens (tertiary/aromatic N) is 3. The number of ether oxygens (including phenoxy) is 1. The van der Waals surface area contributed by atoms with E-state index in [0.717, 1.165) is 22.0 Å². The molecule has 1 fully saturated rings. The molecule has 1 N–H and O–H groups in total. The van der Waals surface area contributed by atoms with E-state index in [9.17, 15) is 9.90 Å². The third-order valence-electron chi connectivity index (χ3n) is 5.05. The minimum Gasteiger partial charge on any atom is -0.493 e. The molecule has 4 aromatic rings. The van der Waals surface area contributed by atoms with Crippen LogP contribution in [-0.4, -0.2) is 32.2 Å². The third kappa shape index (κ3) is 2.15. The molecule has 26 heavy (non-hydrogen) atoms. The SMILES string of the molecule is Cn1cnc2c3nccc(C(=O)O)c3c3cccc(OCC4CC4)c3c21. The van der Waals surface area contributed by atoms with Crippen LogP contribution in [-0.2, 0) is 7.05 Å². The lowest BCUT2D eigenvalue weighted by Gasteiger charge is -2.14. The molecule has 2 aromatic carbocycles. The van der Waals surface area contributed by atoms with Gasteiger partial charge in [-0.15, -0.1) is 0 Å². The second kappa shape index (κ2) is 5.42. The molecule has 6 nitrogen and oxygen atoms in total. The van der Waals surface area contributed by atoms with Crippen molar-refractivity contribution in [3.05, 3.63) is 42.4 Å². The predicted octanol–water partition coefficient (Wildman–Crippen LogP) is 3.76. The molecule has 2 aromatic heterocycles. The molecule has 1 aliphatic carbocycles. The molecule has 6 heteroatoms. The Kier molecular flexibility index (Phi) is 3.16. The zero-order valence-electron chi connectivity index (χ0n) is 14.3. The van der Waals surface area contributed by atoms with E-state index in [4.69, 9.17) is 4.74 Å². The minimum atomic E-state index is -0.974. The van der Waals surface area contributed by atoms with Gasteiger partial charge in [-0.05, 0) is 36.3 Å². The molecule has 0 spiro atoms. The fraction of sp³-hybridized carbons (Fsp3) is 0.250. The van der Waals surface area contributed by atoms with Gasteiger partial charge >= 0.3 is 5.97 Å². The van der Waals surface area contributed by atoms with Gasteiger partial charge in [0, 0.05) is 18.6 Å². The Morgan fingerprint density at radius 1 is 1.23 bits per heavy atom. The first-order chi connectivity index (χ1) is 12.6. The number of hydrogen-bond donors (Lipinski definition) is 1. The highest BCUT2D eigenvalue weighted by molar-refractivity contribution is 6.27. The van der Waals surface area contributed by atoms with Crippen LogP contribution < -0.4 is 4.74 Å². The molecule has 0 amide bonds. The summed E-state index contributed by atoms with van der Waals surface area (Å²) in [7, 11) is 1.93. The van der Waals surface area contributed by atoms with Crippen LogP contribution in [0.5, 0.6) is 5.75 Å². The number of aromatic nitrogens is 3. The first-order valence-corrected chi connectivity index (χ1v) is 8.65. The van der Waals surface area contributed by atoms with Crippen LogP contribution in [0.1, 0.15) is 23.2 Å². The highest BCUT2D eigenvalue weighted by Crippen LogP contribution is 2.40. The summed E-state index contributed by atoms with van der Waals surface area (Å²) in [6.45, 7) is 0.690. The zero-order valence-corrected chi connectivity index (χ0v) is 14.3. The van der Waals surface area contributed by atoms with Crippen molar-refractivity contribution in [1.82, 2.24) is 14.5 Å². The Morgan fingerprint density at radius 3 is 2.85 bits per heavy atom. The average Bonchev–Trinajstić information content (AvgIpc) is 3.40. The second-order valence-electron chi connectivity index (χ2n) is 6.87. The predicted molar refractivity (Wildman–Crippen MR) is 98.7 cm³/mol. The van der Waals surface area contributed by atoms with Gasteiger partial charge in [0.2, 0.25) is 0 Å². The van der Waals surface area contributed by atoms with Crippen molar-refractivity contribution in [3.8, 4) is 5.75 Å². The summed E-state index contributed by atoms with van der Waals surface area (Å²) < 4.78 is 8.06. The van der Waals surface area contributed by atoms with Crippen LogP contribution in [0, 0.1) is 5.92 Å². The topological polar surface area (TPSA) is 77.2 Å². The average molecular weight is 347 g/mol. The van der Waals surface area contributed by atoms with Gasteiger partial charge in [-0.3, -0.25) is 4.98 Å². The van der Waals surface area contributed by atoms with Gasteiger partial charge in [-0.2, -0.15) is 0 Å².